The van der Waals surface area contributed by atoms with Crippen molar-refractivity contribution in [3.05, 3.63) is 28.8 Å². The average molecular weight is 279 g/mol. The summed E-state index contributed by atoms with van der Waals surface area (Å²) in [6, 6.07) is 6.70. The number of hydrogen-bond acceptors (Lipinski definition) is 3. The Balaban J connectivity index is 1.90. The zero-order chi connectivity index (χ0) is 13.4. The van der Waals surface area contributed by atoms with Crippen molar-refractivity contribution in [2.45, 2.75) is 31.8 Å². The number of hydrogen-bond donors (Lipinski definition) is 0. The van der Waals surface area contributed by atoms with Gasteiger partial charge in [0.05, 0.1) is 0 Å². The van der Waals surface area contributed by atoms with Gasteiger partial charge in [-0.3, -0.25) is 9.69 Å². The van der Waals surface area contributed by atoms with E-state index in [0.29, 0.717) is 22.7 Å². The van der Waals surface area contributed by atoms with Gasteiger partial charge in [-0.2, -0.15) is 0 Å². The molecule has 2 atom stereocenters. The summed E-state index contributed by atoms with van der Waals surface area (Å²) >= 11 is 5.97. The second kappa shape index (κ2) is 5.14. The molecular formula is C15H19ClN2O. The standard InChI is InChI=1S/C15H19ClN2O/c1-11-8-17-6-2-3-14(17)9-18(11)15-5-4-13(16)7-12(15)10-19/h4-5,7,10-11,14H,2-3,6,8-9H2,1H3. The normalized spacial score (nSPS) is 27.4. The summed E-state index contributed by atoms with van der Waals surface area (Å²) in [6.45, 7) is 5.57. The summed E-state index contributed by atoms with van der Waals surface area (Å²) in [5.74, 6) is 0. The van der Waals surface area contributed by atoms with Gasteiger partial charge in [-0.05, 0) is 44.5 Å². The van der Waals surface area contributed by atoms with Crippen LogP contribution in [0.4, 0.5) is 5.69 Å². The van der Waals surface area contributed by atoms with Gasteiger partial charge in [0.1, 0.15) is 0 Å². The molecule has 102 valence electrons. The smallest absolute Gasteiger partial charge is 0.152 e. The highest BCUT2D eigenvalue weighted by molar-refractivity contribution is 6.31. The van der Waals surface area contributed by atoms with Crippen molar-refractivity contribution >= 4 is 23.6 Å². The predicted molar refractivity (Wildman–Crippen MR) is 78.2 cm³/mol. The Labute approximate surface area is 119 Å². The van der Waals surface area contributed by atoms with E-state index >= 15 is 0 Å². The van der Waals surface area contributed by atoms with Crippen LogP contribution >= 0.6 is 11.6 Å². The van der Waals surface area contributed by atoms with E-state index in [1.54, 1.807) is 6.07 Å². The summed E-state index contributed by atoms with van der Waals surface area (Å²) in [6.07, 6.45) is 3.48. The molecule has 0 saturated carbocycles. The lowest BCUT2D eigenvalue weighted by Crippen LogP contribution is -2.55. The van der Waals surface area contributed by atoms with E-state index in [4.69, 9.17) is 11.6 Å². The summed E-state index contributed by atoms with van der Waals surface area (Å²) in [4.78, 5) is 16.2. The van der Waals surface area contributed by atoms with Crippen LogP contribution in [0.25, 0.3) is 0 Å². The molecule has 0 aliphatic carbocycles. The molecule has 3 nitrogen and oxygen atoms in total. The van der Waals surface area contributed by atoms with Gasteiger partial charge in [0.2, 0.25) is 0 Å². The molecule has 0 amide bonds. The molecule has 2 saturated heterocycles. The Bertz CT molecular complexity index is 491. The summed E-state index contributed by atoms with van der Waals surface area (Å²) < 4.78 is 0. The van der Waals surface area contributed by atoms with Crippen molar-refractivity contribution in [1.82, 2.24) is 4.90 Å². The van der Waals surface area contributed by atoms with Crippen LogP contribution in [0.2, 0.25) is 5.02 Å². The number of fused-ring (bicyclic) bond motifs is 1. The second-order valence-corrected chi connectivity index (χ2v) is 6.05. The van der Waals surface area contributed by atoms with Crippen molar-refractivity contribution in [2.75, 3.05) is 24.5 Å². The Hall–Kier alpha value is -1.06. The number of halogens is 1. The summed E-state index contributed by atoms with van der Waals surface area (Å²) in [7, 11) is 0. The van der Waals surface area contributed by atoms with Gasteiger partial charge in [0, 0.05) is 41.4 Å². The lowest BCUT2D eigenvalue weighted by Gasteiger charge is -2.44. The second-order valence-electron chi connectivity index (χ2n) is 5.61. The molecule has 0 spiro atoms. The molecule has 4 heteroatoms. The van der Waals surface area contributed by atoms with Crippen molar-refractivity contribution in [2.24, 2.45) is 0 Å². The van der Waals surface area contributed by atoms with Gasteiger partial charge in [-0.1, -0.05) is 11.6 Å². The Morgan fingerprint density at radius 3 is 3.00 bits per heavy atom. The monoisotopic (exact) mass is 278 g/mol. The molecule has 0 aromatic heterocycles. The largest absolute Gasteiger partial charge is 0.365 e. The van der Waals surface area contributed by atoms with Gasteiger partial charge < -0.3 is 4.90 Å². The molecule has 0 N–H and O–H groups in total. The van der Waals surface area contributed by atoms with E-state index in [1.165, 1.54) is 19.4 Å². The van der Waals surface area contributed by atoms with Crippen LogP contribution in [0.1, 0.15) is 30.1 Å². The van der Waals surface area contributed by atoms with Crippen LogP contribution in [-0.4, -0.2) is 42.9 Å². The molecule has 0 bridgehead atoms. The maximum atomic E-state index is 11.3. The van der Waals surface area contributed by atoms with Gasteiger partial charge in [0.25, 0.3) is 0 Å². The van der Waals surface area contributed by atoms with E-state index in [9.17, 15) is 4.79 Å². The maximum Gasteiger partial charge on any atom is 0.152 e. The molecule has 2 heterocycles. The Kier molecular flexibility index (Phi) is 3.50. The highest BCUT2D eigenvalue weighted by Gasteiger charge is 2.34. The minimum atomic E-state index is 0.439. The van der Waals surface area contributed by atoms with Crippen LogP contribution in [-0.2, 0) is 0 Å². The predicted octanol–water partition coefficient (Wildman–Crippen LogP) is 2.83. The topological polar surface area (TPSA) is 23.6 Å². The molecule has 2 aliphatic heterocycles. The average Bonchev–Trinajstić information content (AvgIpc) is 2.85. The van der Waals surface area contributed by atoms with E-state index in [1.807, 2.05) is 12.1 Å². The first-order valence-electron chi connectivity index (χ1n) is 6.94. The molecule has 2 fully saturated rings. The number of piperazine rings is 1. The van der Waals surface area contributed by atoms with Crippen molar-refractivity contribution < 1.29 is 4.79 Å². The first-order chi connectivity index (χ1) is 9.19. The van der Waals surface area contributed by atoms with Crippen LogP contribution in [0.5, 0.6) is 0 Å². The molecule has 0 radical (unpaired) electrons. The molecule has 19 heavy (non-hydrogen) atoms. The highest BCUT2D eigenvalue weighted by Crippen LogP contribution is 2.31. The van der Waals surface area contributed by atoms with Gasteiger partial charge in [-0.15, -0.1) is 0 Å². The van der Waals surface area contributed by atoms with Crippen LogP contribution in [0, 0.1) is 0 Å². The number of rotatable bonds is 2. The number of benzene rings is 1. The number of aldehydes is 1. The van der Waals surface area contributed by atoms with Crippen LogP contribution < -0.4 is 4.90 Å². The third-order valence-corrected chi connectivity index (χ3v) is 4.60. The zero-order valence-corrected chi connectivity index (χ0v) is 11.9. The Morgan fingerprint density at radius 1 is 1.37 bits per heavy atom. The van der Waals surface area contributed by atoms with E-state index in [2.05, 4.69) is 16.7 Å². The first kappa shape index (κ1) is 12.9. The van der Waals surface area contributed by atoms with E-state index in [0.717, 1.165) is 25.1 Å². The van der Waals surface area contributed by atoms with Gasteiger partial charge in [0.15, 0.2) is 6.29 Å². The van der Waals surface area contributed by atoms with Gasteiger partial charge >= 0.3 is 0 Å². The van der Waals surface area contributed by atoms with Crippen LogP contribution in [0.15, 0.2) is 18.2 Å². The summed E-state index contributed by atoms with van der Waals surface area (Å²) in [5.41, 5.74) is 1.73. The van der Waals surface area contributed by atoms with Gasteiger partial charge in [-0.25, -0.2) is 0 Å². The van der Waals surface area contributed by atoms with Crippen LogP contribution in [0.3, 0.4) is 0 Å². The van der Waals surface area contributed by atoms with Crippen molar-refractivity contribution in [1.29, 1.82) is 0 Å². The fourth-order valence-electron chi connectivity index (χ4n) is 3.40. The lowest BCUT2D eigenvalue weighted by molar-refractivity contribution is 0.112. The van der Waals surface area contributed by atoms with Crippen molar-refractivity contribution in [3.8, 4) is 0 Å². The first-order valence-corrected chi connectivity index (χ1v) is 7.32. The quantitative estimate of drug-likeness (QED) is 0.777. The molecule has 3 rings (SSSR count). The van der Waals surface area contributed by atoms with E-state index in [-0.39, 0.29) is 0 Å². The minimum Gasteiger partial charge on any atom is -0.365 e. The van der Waals surface area contributed by atoms with E-state index < -0.39 is 0 Å². The summed E-state index contributed by atoms with van der Waals surface area (Å²) in [5, 5.41) is 0.623. The van der Waals surface area contributed by atoms with Crippen molar-refractivity contribution in [3.63, 3.8) is 0 Å². The number of carbonyl (C=O) groups excluding carboxylic acids is 1. The SMILES string of the molecule is CC1CN2CCCC2CN1c1ccc(Cl)cc1C=O. The third kappa shape index (κ3) is 2.37. The minimum absolute atomic E-state index is 0.439. The Morgan fingerprint density at radius 2 is 2.21 bits per heavy atom. The molecule has 1 aromatic rings. The molecule has 2 unspecified atom stereocenters. The number of anilines is 1. The number of carbonyl (C=O) groups is 1. The highest BCUT2D eigenvalue weighted by atomic mass is 35.5. The third-order valence-electron chi connectivity index (χ3n) is 4.36. The number of nitrogens with zero attached hydrogens (tertiary/aromatic N) is 2. The lowest BCUT2D eigenvalue weighted by atomic mass is 10.0. The molecular weight excluding hydrogens is 260 g/mol. The molecule has 2 aliphatic rings. The fraction of sp³-hybridized carbons (Fsp3) is 0.533. The zero-order valence-electron chi connectivity index (χ0n) is 11.2. The maximum absolute atomic E-state index is 11.3. The fourth-order valence-corrected chi connectivity index (χ4v) is 3.58. The molecule has 1 aromatic carbocycles.